The Labute approximate surface area is 150 Å². The number of hydrogen-bond donors (Lipinski definition) is 0. The summed E-state index contributed by atoms with van der Waals surface area (Å²) in [6.07, 6.45) is 0. The van der Waals surface area contributed by atoms with Gasteiger partial charge in [-0.2, -0.15) is 0 Å². The highest BCUT2D eigenvalue weighted by Gasteiger charge is 2.50. The Balaban J connectivity index is 2.33. The molecule has 0 unspecified atom stereocenters. The Morgan fingerprint density at radius 1 is 0.615 bits per heavy atom. The van der Waals surface area contributed by atoms with Gasteiger partial charge in [0.2, 0.25) is 0 Å². The van der Waals surface area contributed by atoms with Crippen LogP contribution in [0.1, 0.15) is 0 Å². The maximum atomic E-state index is 12.9. The van der Waals surface area contributed by atoms with Crippen LogP contribution in [0.2, 0.25) is 0 Å². The first-order chi connectivity index (χ1) is 12.6. The summed E-state index contributed by atoms with van der Waals surface area (Å²) in [5, 5.41) is 1.89. The SMILES string of the molecule is O=P(OF)(OF)O[Si](c1ccccc1)(c1ccccc1)c1ccccc1. The fourth-order valence-corrected chi connectivity index (χ4v) is 8.72. The summed E-state index contributed by atoms with van der Waals surface area (Å²) in [6.45, 7) is 0. The largest absolute Gasteiger partial charge is 0.528 e. The molecule has 0 aliphatic rings. The average molecular weight is 392 g/mol. The van der Waals surface area contributed by atoms with E-state index in [4.69, 9.17) is 4.21 Å². The highest BCUT2D eigenvalue weighted by molar-refractivity contribution is 7.51. The van der Waals surface area contributed by atoms with Crippen molar-refractivity contribution in [1.29, 1.82) is 0 Å². The second kappa shape index (κ2) is 8.03. The summed E-state index contributed by atoms with van der Waals surface area (Å²) < 4.78 is 50.2. The van der Waals surface area contributed by atoms with Crippen LogP contribution in [0.3, 0.4) is 0 Å². The molecule has 26 heavy (non-hydrogen) atoms. The maximum Gasteiger partial charge on any atom is 0.528 e. The van der Waals surface area contributed by atoms with E-state index in [1.807, 2.05) is 0 Å². The third kappa shape index (κ3) is 3.53. The van der Waals surface area contributed by atoms with E-state index in [2.05, 4.69) is 9.46 Å². The molecule has 3 aromatic rings. The first-order valence-electron chi connectivity index (χ1n) is 7.73. The molecule has 0 amide bonds. The number of rotatable bonds is 7. The molecule has 0 fully saturated rings. The van der Waals surface area contributed by atoms with Gasteiger partial charge in [0.05, 0.1) is 0 Å². The van der Waals surface area contributed by atoms with Gasteiger partial charge in [0.25, 0.3) is 0 Å². The molecule has 0 spiro atoms. The monoisotopic (exact) mass is 392 g/mol. The standard InChI is InChI=1S/C18H15F2O4PSi/c19-22-25(21,23-20)24-26(16-10-4-1-5-11-16,17-12-6-2-7-13-17)18-14-8-3-9-15-18/h1-15H. The van der Waals surface area contributed by atoms with Crippen molar-refractivity contribution in [3.8, 4) is 0 Å². The summed E-state index contributed by atoms with van der Waals surface area (Å²) in [5.41, 5.74) is 0. The van der Waals surface area contributed by atoms with Crippen LogP contribution in [0.4, 0.5) is 9.05 Å². The van der Waals surface area contributed by atoms with Gasteiger partial charge < -0.3 is 4.21 Å². The molecule has 0 heterocycles. The second-order valence-electron chi connectivity index (χ2n) is 5.46. The third-order valence-corrected chi connectivity index (χ3v) is 9.73. The van der Waals surface area contributed by atoms with Crippen molar-refractivity contribution >= 4 is 31.7 Å². The highest BCUT2D eigenvalue weighted by atomic mass is 31.2. The third-order valence-electron chi connectivity index (χ3n) is 3.96. The number of halogens is 2. The molecule has 3 rings (SSSR count). The van der Waals surface area contributed by atoms with E-state index < -0.39 is 16.1 Å². The van der Waals surface area contributed by atoms with Gasteiger partial charge in [-0.05, 0) is 24.6 Å². The van der Waals surface area contributed by atoms with Crippen molar-refractivity contribution in [1.82, 2.24) is 0 Å². The first-order valence-corrected chi connectivity index (χ1v) is 11.1. The molecule has 0 N–H and O–H groups in total. The Bertz CT molecular complexity index is 777. The van der Waals surface area contributed by atoms with Crippen LogP contribution in [0.25, 0.3) is 0 Å². The van der Waals surface area contributed by atoms with E-state index in [9.17, 15) is 13.6 Å². The van der Waals surface area contributed by atoms with Gasteiger partial charge in [0.15, 0.2) is 0 Å². The lowest BCUT2D eigenvalue weighted by atomic mass is 10.3. The lowest BCUT2D eigenvalue weighted by Crippen LogP contribution is -2.68. The molecule has 0 atom stereocenters. The zero-order valence-corrected chi connectivity index (χ0v) is 15.4. The second-order valence-corrected chi connectivity index (χ2v) is 10.5. The van der Waals surface area contributed by atoms with Crippen molar-refractivity contribution < 1.29 is 27.3 Å². The summed E-state index contributed by atoms with van der Waals surface area (Å²) in [6, 6.07) is 26.6. The van der Waals surface area contributed by atoms with Gasteiger partial charge in [-0.15, -0.1) is 0 Å². The molecule has 0 aliphatic carbocycles. The lowest BCUT2D eigenvalue weighted by Gasteiger charge is -2.32. The number of hydrogen-bond acceptors (Lipinski definition) is 4. The van der Waals surface area contributed by atoms with Crippen LogP contribution in [0.15, 0.2) is 91.0 Å². The maximum absolute atomic E-state index is 12.9. The minimum absolute atomic E-state index is 0.631. The topological polar surface area (TPSA) is 44.8 Å². The van der Waals surface area contributed by atoms with Crippen LogP contribution in [0.5, 0.6) is 0 Å². The molecule has 8 heteroatoms. The molecule has 4 nitrogen and oxygen atoms in total. The number of phosphoric acid groups is 1. The van der Waals surface area contributed by atoms with Crippen LogP contribution in [0, 0.1) is 0 Å². The molecular formula is C18H15F2O4PSi. The average Bonchev–Trinajstić information content (AvgIpc) is 2.74. The lowest BCUT2D eigenvalue weighted by molar-refractivity contribution is -0.108. The first kappa shape index (κ1) is 18.6. The quantitative estimate of drug-likeness (QED) is 0.350. The van der Waals surface area contributed by atoms with Crippen molar-refractivity contribution in [2.24, 2.45) is 0 Å². The van der Waals surface area contributed by atoms with E-state index in [1.165, 1.54) is 0 Å². The fraction of sp³-hybridized carbons (Fsp3) is 0. The normalized spacial score (nSPS) is 12.1. The molecule has 134 valence electrons. The highest BCUT2D eigenvalue weighted by Crippen LogP contribution is 2.52. The van der Waals surface area contributed by atoms with E-state index in [0.717, 1.165) is 0 Å². The van der Waals surface area contributed by atoms with Crippen LogP contribution in [-0.4, -0.2) is 8.32 Å². The minimum Gasteiger partial charge on any atom is -0.312 e. The van der Waals surface area contributed by atoms with Crippen molar-refractivity contribution in [3.05, 3.63) is 91.0 Å². The predicted molar refractivity (Wildman–Crippen MR) is 97.1 cm³/mol. The van der Waals surface area contributed by atoms with E-state index >= 15 is 0 Å². The van der Waals surface area contributed by atoms with Gasteiger partial charge in [-0.1, -0.05) is 100 Å². The van der Waals surface area contributed by atoms with Crippen molar-refractivity contribution in [3.63, 3.8) is 0 Å². The van der Waals surface area contributed by atoms with Crippen LogP contribution in [-0.2, 0) is 18.2 Å². The van der Waals surface area contributed by atoms with Crippen molar-refractivity contribution in [2.75, 3.05) is 0 Å². The summed E-state index contributed by atoms with van der Waals surface area (Å²) in [5.74, 6) is 0. The molecule has 0 bridgehead atoms. The van der Waals surface area contributed by atoms with Crippen LogP contribution >= 0.6 is 7.82 Å². The summed E-state index contributed by atoms with van der Waals surface area (Å²) >= 11 is 0. The Kier molecular flexibility index (Phi) is 5.76. The zero-order valence-electron chi connectivity index (χ0n) is 13.5. The van der Waals surface area contributed by atoms with Gasteiger partial charge in [-0.25, -0.2) is 4.57 Å². The Morgan fingerprint density at radius 2 is 0.923 bits per heavy atom. The molecular weight excluding hydrogens is 377 g/mol. The van der Waals surface area contributed by atoms with E-state index in [-0.39, 0.29) is 0 Å². The molecule has 0 saturated heterocycles. The molecule has 3 aromatic carbocycles. The van der Waals surface area contributed by atoms with E-state index in [1.54, 1.807) is 91.0 Å². The number of benzene rings is 3. The predicted octanol–water partition coefficient (Wildman–Crippen LogP) is 3.58. The zero-order chi connectivity index (χ0) is 18.5. The fourth-order valence-electron chi connectivity index (χ4n) is 2.88. The van der Waals surface area contributed by atoms with Gasteiger partial charge >= 0.3 is 16.1 Å². The van der Waals surface area contributed by atoms with E-state index in [0.29, 0.717) is 15.6 Å². The van der Waals surface area contributed by atoms with Gasteiger partial charge in [-0.3, -0.25) is 0 Å². The summed E-state index contributed by atoms with van der Waals surface area (Å²) in [4.78, 5) is 0. The summed E-state index contributed by atoms with van der Waals surface area (Å²) in [7, 11) is -8.66. The molecule has 0 saturated carbocycles. The molecule has 0 aliphatic heterocycles. The molecule has 0 aromatic heterocycles. The molecule has 0 radical (unpaired) electrons. The Hall–Kier alpha value is -2.15. The van der Waals surface area contributed by atoms with Gasteiger partial charge in [0.1, 0.15) is 0 Å². The van der Waals surface area contributed by atoms with Crippen molar-refractivity contribution in [2.45, 2.75) is 0 Å². The smallest absolute Gasteiger partial charge is 0.312 e. The minimum atomic E-state index is -5.07. The Morgan fingerprint density at radius 3 is 1.19 bits per heavy atom. The van der Waals surface area contributed by atoms with Crippen LogP contribution < -0.4 is 15.6 Å². The van der Waals surface area contributed by atoms with Gasteiger partial charge in [0, 0.05) is 0 Å².